The van der Waals surface area contributed by atoms with Gasteiger partial charge in [-0.2, -0.15) is 4.98 Å². The number of ether oxygens (including phenoxy) is 1. The van der Waals surface area contributed by atoms with Crippen LogP contribution in [0, 0.1) is 6.92 Å². The molecule has 1 aromatic heterocycles. The fourth-order valence-corrected chi connectivity index (χ4v) is 2.71. The third kappa shape index (κ3) is 4.18. The Morgan fingerprint density at radius 2 is 2.00 bits per heavy atom. The van der Waals surface area contributed by atoms with E-state index in [0.717, 1.165) is 27.6 Å². The average molecular weight is 401 g/mol. The van der Waals surface area contributed by atoms with Crippen LogP contribution in [0.2, 0.25) is 0 Å². The Hall–Kier alpha value is -1.14. The van der Waals surface area contributed by atoms with Crippen molar-refractivity contribution in [1.82, 2.24) is 9.97 Å². The summed E-state index contributed by atoms with van der Waals surface area (Å²) >= 11 is 6.88. The number of rotatable bonds is 5. The van der Waals surface area contributed by atoms with Gasteiger partial charge >= 0.3 is 0 Å². The Kier molecular flexibility index (Phi) is 5.37. The fourth-order valence-electron chi connectivity index (χ4n) is 1.58. The summed E-state index contributed by atoms with van der Waals surface area (Å²) in [7, 11) is 0. The molecule has 0 fully saturated rings. The van der Waals surface area contributed by atoms with Gasteiger partial charge in [-0.05, 0) is 47.5 Å². The van der Waals surface area contributed by atoms with Gasteiger partial charge in [0.25, 0.3) is 0 Å². The van der Waals surface area contributed by atoms with Crippen LogP contribution in [-0.4, -0.2) is 16.5 Å². The van der Waals surface area contributed by atoms with Gasteiger partial charge in [-0.25, -0.2) is 4.98 Å². The van der Waals surface area contributed by atoms with E-state index in [-0.39, 0.29) is 0 Å². The molecule has 0 atom stereocenters. The van der Waals surface area contributed by atoms with Gasteiger partial charge in [-0.3, -0.25) is 0 Å². The van der Waals surface area contributed by atoms with Gasteiger partial charge in [0.05, 0.1) is 4.47 Å². The first-order chi connectivity index (χ1) is 9.58. The smallest absolute Gasteiger partial charge is 0.226 e. The summed E-state index contributed by atoms with van der Waals surface area (Å²) in [4.78, 5) is 8.68. The first kappa shape index (κ1) is 15.3. The quantitative estimate of drug-likeness (QED) is 0.773. The lowest BCUT2D eigenvalue weighted by molar-refractivity contribution is 0.458. The van der Waals surface area contributed by atoms with Gasteiger partial charge in [0, 0.05) is 22.8 Å². The van der Waals surface area contributed by atoms with Crippen molar-refractivity contribution in [3.8, 4) is 11.6 Å². The summed E-state index contributed by atoms with van der Waals surface area (Å²) in [6.07, 6.45) is 1.02. The van der Waals surface area contributed by atoms with Crippen molar-refractivity contribution in [2.24, 2.45) is 0 Å². The van der Waals surface area contributed by atoms with Crippen LogP contribution in [0.4, 0.5) is 5.95 Å². The molecule has 4 nitrogen and oxygen atoms in total. The number of hydrogen-bond acceptors (Lipinski definition) is 4. The van der Waals surface area contributed by atoms with Crippen LogP contribution in [0.5, 0.6) is 11.6 Å². The lowest BCUT2D eigenvalue weighted by atomic mass is 10.3. The van der Waals surface area contributed by atoms with Crippen molar-refractivity contribution in [3.63, 3.8) is 0 Å². The topological polar surface area (TPSA) is 47.0 Å². The summed E-state index contributed by atoms with van der Waals surface area (Å²) in [5, 5.41) is 3.16. The number of aromatic nitrogens is 2. The average Bonchev–Trinajstić information content (AvgIpc) is 2.39. The Balaban J connectivity index is 2.21. The minimum Gasteiger partial charge on any atom is -0.438 e. The minimum absolute atomic E-state index is 0.527. The molecular weight excluding hydrogens is 386 g/mol. The zero-order valence-electron chi connectivity index (χ0n) is 11.3. The summed E-state index contributed by atoms with van der Waals surface area (Å²) in [6, 6.07) is 7.54. The highest BCUT2D eigenvalue weighted by molar-refractivity contribution is 9.11. The van der Waals surface area contributed by atoms with Crippen LogP contribution in [0.1, 0.15) is 19.0 Å². The van der Waals surface area contributed by atoms with Gasteiger partial charge in [-0.15, -0.1) is 0 Å². The number of hydrogen-bond donors (Lipinski definition) is 1. The van der Waals surface area contributed by atoms with Gasteiger partial charge < -0.3 is 10.1 Å². The maximum absolute atomic E-state index is 5.81. The molecule has 2 rings (SSSR count). The van der Waals surface area contributed by atoms with E-state index in [1.807, 2.05) is 31.2 Å². The molecule has 6 heteroatoms. The van der Waals surface area contributed by atoms with Gasteiger partial charge in [-0.1, -0.05) is 22.9 Å². The normalized spacial score (nSPS) is 10.4. The van der Waals surface area contributed by atoms with Crippen LogP contribution in [0.25, 0.3) is 0 Å². The highest BCUT2D eigenvalue weighted by atomic mass is 79.9. The van der Waals surface area contributed by atoms with Crippen molar-refractivity contribution in [2.45, 2.75) is 20.3 Å². The summed E-state index contributed by atoms with van der Waals surface area (Å²) < 4.78 is 7.66. The molecule has 2 aromatic rings. The first-order valence-electron chi connectivity index (χ1n) is 6.31. The predicted octanol–water partition coefficient (Wildman–Crippen LogP) is 4.92. The molecule has 0 unspecified atom stereocenters. The monoisotopic (exact) mass is 399 g/mol. The minimum atomic E-state index is 0.527. The van der Waals surface area contributed by atoms with Crippen LogP contribution < -0.4 is 10.1 Å². The van der Waals surface area contributed by atoms with E-state index in [4.69, 9.17) is 4.74 Å². The molecule has 20 heavy (non-hydrogen) atoms. The number of halogens is 2. The van der Waals surface area contributed by atoms with E-state index in [1.54, 1.807) is 0 Å². The summed E-state index contributed by atoms with van der Waals surface area (Å²) in [5.41, 5.74) is 0.863. The summed E-state index contributed by atoms with van der Waals surface area (Å²) in [6.45, 7) is 4.85. The second-order valence-electron chi connectivity index (χ2n) is 4.27. The van der Waals surface area contributed by atoms with Crippen LogP contribution in [0.3, 0.4) is 0 Å². The van der Waals surface area contributed by atoms with Crippen LogP contribution in [0.15, 0.2) is 33.2 Å². The molecule has 1 aromatic carbocycles. The molecule has 0 aliphatic heterocycles. The number of nitrogens with zero attached hydrogens (tertiary/aromatic N) is 2. The Morgan fingerprint density at radius 1 is 1.20 bits per heavy atom. The molecule has 1 heterocycles. The van der Waals surface area contributed by atoms with E-state index in [9.17, 15) is 0 Å². The number of benzene rings is 1. The second-order valence-corrected chi connectivity index (χ2v) is 6.04. The van der Waals surface area contributed by atoms with Crippen molar-refractivity contribution < 1.29 is 4.74 Å². The Morgan fingerprint density at radius 3 is 2.70 bits per heavy atom. The van der Waals surface area contributed by atoms with Crippen molar-refractivity contribution in [3.05, 3.63) is 38.9 Å². The van der Waals surface area contributed by atoms with E-state index >= 15 is 0 Å². The molecular formula is C14H15Br2N3O. The lowest BCUT2D eigenvalue weighted by Gasteiger charge is -2.10. The number of aryl methyl sites for hydroxylation is 1. The van der Waals surface area contributed by atoms with Gasteiger partial charge in [0.1, 0.15) is 5.75 Å². The maximum Gasteiger partial charge on any atom is 0.226 e. The summed E-state index contributed by atoms with van der Waals surface area (Å²) in [5.74, 6) is 1.84. The number of nitrogens with one attached hydrogen (secondary N) is 1. The molecule has 0 amide bonds. The predicted molar refractivity (Wildman–Crippen MR) is 87.5 cm³/mol. The zero-order chi connectivity index (χ0) is 14.5. The van der Waals surface area contributed by atoms with Gasteiger partial charge in [0.15, 0.2) is 0 Å². The molecule has 0 saturated heterocycles. The SMILES string of the molecule is CCCNc1nc(C)cc(Oc2ccc(Br)cc2Br)n1. The number of anilines is 1. The van der Waals surface area contributed by atoms with Crippen molar-refractivity contribution >= 4 is 37.8 Å². The molecule has 0 aliphatic carbocycles. The largest absolute Gasteiger partial charge is 0.438 e. The van der Waals surface area contributed by atoms with E-state index in [2.05, 4.69) is 54.1 Å². The molecule has 0 saturated carbocycles. The highest BCUT2D eigenvalue weighted by Gasteiger charge is 2.07. The van der Waals surface area contributed by atoms with Crippen molar-refractivity contribution in [1.29, 1.82) is 0 Å². The molecule has 0 bridgehead atoms. The van der Waals surface area contributed by atoms with Crippen molar-refractivity contribution in [2.75, 3.05) is 11.9 Å². The maximum atomic E-state index is 5.81. The molecule has 0 radical (unpaired) electrons. The Labute approximate surface area is 135 Å². The standard InChI is InChI=1S/C14H15Br2N3O/c1-3-6-17-14-18-9(2)7-13(19-14)20-12-5-4-10(15)8-11(12)16/h4-5,7-8H,3,6H2,1-2H3,(H,17,18,19). The highest BCUT2D eigenvalue weighted by Crippen LogP contribution is 2.31. The lowest BCUT2D eigenvalue weighted by Crippen LogP contribution is -2.05. The fraction of sp³-hybridized carbons (Fsp3) is 0.286. The van der Waals surface area contributed by atoms with E-state index in [1.165, 1.54) is 0 Å². The van der Waals surface area contributed by atoms with Crippen LogP contribution in [-0.2, 0) is 0 Å². The van der Waals surface area contributed by atoms with Gasteiger partial charge in [0.2, 0.25) is 11.8 Å². The molecule has 106 valence electrons. The molecule has 1 N–H and O–H groups in total. The molecule has 0 aliphatic rings. The van der Waals surface area contributed by atoms with E-state index < -0.39 is 0 Å². The third-order valence-electron chi connectivity index (χ3n) is 2.47. The molecule has 0 spiro atoms. The zero-order valence-corrected chi connectivity index (χ0v) is 14.5. The van der Waals surface area contributed by atoms with Crippen LogP contribution >= 0.6 is 31.9 Å². The Bertz CT molecular complexity index is 605. The first-order valence-corrected chi connectivity index (χ1v) is 7.89. The third-order valence-corrected chi connectivity index (χ3v) is 3.59. The second kappa shape index (κ2) is 7.04. The van der Waals surface area contributed by atoms with E-state index in [0.29, 0.717) is 17.6 Å².